The summed E-state index contributed by atoms with van der Waals surface area (Å²) < 4.78 is 0. The van der Waals surface area contributed by atoms with Crippen LogP contribution in [0.5, 0.6) is 0 Å². The summed E-state index contributed by atoms with van der Waals surface area (Å²) in [6, 6.07) is 13.2. The van der Waals surface area contributed by atoms with Crippen LogP contribution in [0.25, 0.3) is 0 Å². The Balaban J connectivity index is 0.000000759. The van der Waals surface area contributed by atoms with E-state index in [1.54, 1.807) is 9.80 Å². The standard InChI is InChI=1S/C28H31N3O3.C4H7Cl.C2H6/c1-3-5-14-29-19-24-13-12-23(26(32)4-2)17-25(24)31(27(33)20-29)18-21-8-10-22(11-9-21)28(34)30-15-6-7-16-30;1-3-4(2)5;1-2/h3,6-13,17H,1,4-5,14-16,18-20H2,2H3;3H,1-2H3;1-2H3/b;4-3+;. The summed E-state index contributed by atoms with van der Waals surface area (Å²) in [5.74, 6) is 0.0581. The smallest absolute Gasteiger partial charge is 0.254 e. The van der Waals surface area contributed by atoms with Gasteiger partial charge in [0.2, 0.25) is 5.91 Å². The number of nitrogens with zero attached hydrogens (tertiary/aromatic N) is 3. The summed E-state index contributed by atoms with van der Waals surface area (Å²) in [4.78, 5) is 44.1. The highest BCUT2D eigenvalue weighted by Gasteiger charge is 2.27. The van der Waals surface area contributed by atoms with Crippen LogP contribution in [0.15, 0.2) is 78.4 Å². The number of carbonyl (C=O) groups is 3. The van der Waals surface area contributed by atoms with Gasteiger partial charge in [-0.3, -0.25) is 19.3 Å². The van der Waals surface area contributed by atoms with E-state index in [0.717, 1.165) is 34.8 Å². The third-order valence-corrected chi connectivity index (χ3v) is 6.99. The van der Waals surface area contributed by atoms with Crippen LogP contribution in [0.3, 0.4) is 0 Å². The van der Waals surface area contributed by atoms with Crippen molar-refractivity contribution in [2.75, 3.05) is 31.1 Å². The average Bonchev–Trinajstić information content (AvgIpc) is 3.51. The van der Waals surface area contributed by atoms with Crippen LogP contribution in [-0.2, 0) is 17.9 Å². The molecule has 0 radical (unpaired) electrons. The monoisotopic (exact) mass is 577 g/mol. The number of halogens is 1. The van der Waals surface area contributed by atoms with Crippen molar-refractivity contribution in [2.45, 2.75) is 60.5 Å². The summed E-state index contributed by atoms with van der Waals surface area (Å²) in [5.41, 5.74) is 4.01. The van der Waals surface area contributed by atoms with E-state index >= 15 is 0 Å². The Labute approximate surface area is 251 Å². The summed E-state index contributed by atoms with van der Waals surface area (Å²) in [6.07, 6.45) is 8.91. The number of ketones is 1. The lowest BCUT2D eigenvalue weighted by atomic mass is 10.0. The number of fused-ring (bicyclic) bond motifs is 1. The van der Waals surface area contributed by atoms with Gasteiger partial charge >= 0.3 is 0 Å². The highest BCUT2D eigenvalue weighted by atomic mass is 35.5. The minimum Gasteiger partial charge on any atom is -0.331 e. The Hall–Kier alpha value is -3.48. The molecule has 0 aliphatic carbocycles. The fraction of sp³-hybridized carbons (Fsp3) is 0.382. The molecule has 2 aliphatic heterocycles. The number of hydrogen-bond donors (Lipinski definition) is 0. The van der Waals surface area contributed by atoms with Gasteiger partial charge in [0.15, 0.2) is 5.78 Å². The maximum absolute atomic E-state index is 13.4. The van der Waals surface area contributed by atoms with Gasteiger partial charge in [-0.1, -0.05) is 80.9 Å². The first-order chi connectivity index (χ1) is 19.8. The number of rotatable bonds is 8. The molecule has 0 atom stereocenters. The molecule has 0 fully saturated rings. The Bertz CT molecular complexity index is 1240. The second-order valence-electron chi connectivity index (χ2n) is 9.64. The molecule has 220 valence electrons. The van der Waals surface area contributed by atoms with Gasteiger partial charge in [-0.15, -0.1) is 6.58 Å². The van der Waals surface area contributed by atoms with Gasteiger partial charge in [-0.2, -0.15) is 0 Å². The molecule has 2 aromatic carbocycles. The zero-order valence-corrected chi connectivity index (χ0v) is 25.9. The van der Waals surface area contributed by atoms with Crippen molar-refractivity contribution in [3.05, 3.63) is 101 Å². The molecule has 0 aromatic heterocycles. The van der Waals surface area contributed by atoms with Crippen LogP contribution in [0.4, 0.5) is 5.69 Å². The predicted octanol–water partition coefficient (Wildman–Crippen LogP) is 7.39. The lowest BCUT2D eigenvalue weighted by Crippen LogP contribution is -2.37. The first-order valence-corrected chi connectivity index (χ1v) is 14.8. The second-order valence-corrected chi connectivity index (χ2v) is 10.2. The fourth-order valence-electron chi connectivity index (χ4n) is 4.40. The summed E-state index contributed by atoms with van der Waals surface area (Å²) >= 11 is 5.32. The minimum atomic E-state index is -0.00722. The molecule has 2 aromatic rings. The Morgan fingerprint density at radius 2 is 1.61 bits per heavy atom. The fourth-order valence-corrected chi connectivity index (χ4v) is 4.40. The van der Waals surface area contributed by atoms with E-state index in [1.165, 1.54) is 0 Å². The molecular formula is C34H44ClN3O3. The van der Waals surface area contributed by atoms with E-state index in [0.29, 0.717) is 50.3 Å². The molecular weight excluding hydrogens is 534 g/mol. The van der Waals surface area contributed by atoms with Crippen LogP contribution < -0.4 is 4.90 Å². The van der Waals surface area contributed by atoms with E-state index < -0.39 is 0 Å². The Morgan fingerprint density at radius 1 is 1.00 bits per heavy atom. The molecule has 0 spiro atoms. The zero-order chi connectivity index (χ0) is 30.4. The van der Waals surface area contributed by atoms with E-state index in [9.17, 15) is 14.4 Å². The lowest BCUT2D eigenvalue weighted by molar-refractivity contribution is -0.119. The highest BCUT2D eigenvalue weighted by Crippen LogP contribution is 2.29. The van der Waals surface area contributed by atoms with Crippen LogP contribution in [0.2, 0.25) is 0 Å². The van der Waals surface area contributed by atoms with Gasteiger partial charge in [0.25, 0.3) is 5.91 Å². The van der Waals surface area contributed by atoms with Gasteiger partial charge < -0.3 is 9.80 Å². The van der Waals surface area contributed by atoms with E-state index in [4.69, 9.17) is 11.6 Å². The summed E-state index contributed by atoms with van der Waals surface area (Å²) in [7, 11) is 0. The minimum absolute atomic E-state index is 0.00722. The van der Waals surface area contributed by atoms with Crippen molar-refractivity contribution < 1.29 is 14.4 Å². The van der Waals surface area contributed by atoms with Crippen molar-refractivity contribution in [2.24, 2.45) is 0 Å². The molecule has 6 nitrogen and oxygen atoms in total. The van der Waals surface area contributed by atoms with Crippen LogP contribution in [0, 0.1) is 0 Å². The number of benzene rings is 2. The van der Waals surface area contributed by atoms with Crippen molar-refractivity contribution in [1.82, 2.24) is 9.80 Å². The topological polar surface area (TPSA) is 60.9 Å². The highest BCUT2D eigenvalue weighted by molar-refractivity contribution is 6.29. The third-order valence-electron chi connectivity index (χ3n) is 6.77. The molecule has 7 heteroatoms. The molecule has 0 unspecified atom stereocenters. The van der Waals surface area contributed by atoms with Crippen LogP contribution in [0.1, 0.15) is 79.3 Å². The Kier molecular flexibility index (Phi) is 14.3. The number of carbonyl (C=O) groups excluding carboxylic acids is 3. The molecule has 2 aliphatic rings. The predicted molar refractivity (Wildman–Crippen MR) is 170 cm³/mol. The Morgan fingerprint density at radius 3 is 2.17 bits per heavy atom. The van der Waals surface area contributed by atoms with E-state index in [-0.39, 0.29) is 17.6 Å². The maximum atomic E-state index is 13.4. The van der Waals surface area contributed by atoms with Gasteiger partial charge in [0.05, 0.1) is 13.1 Å². The van der Waals surface area contributed by atoms with E-state index in [2.05, 4.69) is 11.5 Å². The van der Waals surface area contributed by atoms with Gasteiger partial charge in [0.1, 0.15) is 0 Å². The maximum Gasteiger partial charge on any atom is 0.254 e. The van der Waals surface area contributed by atoms with Crippen LogP contribution >= 0.6 is 11.6 Å². The first-order valence-electron chi connectivity index (χ1n) is 14.4. The number of allylic oxidation sites excluding steroid dienone is 2. The largest absolute Gasteiger partial charge is 0.331 e. The molecule has 0 saturated heterocycles. The second kappa shape index (κ2) is 17.4. The average molecular weight is 578 g/mol. The van der Waals surface area contributed by atoms with Crippen molar-refractivity contribution >= 4 is 34.9 Å². The van der Waals surface area contributed by atoms with Crippen molar-refractivity contribution in [1.29, 1.82) is 0 Å². The SMILES string of the molecule is C/C=C(\C)Cl.C=CCCN1CC(=O)N(Cc2ccc(C(=O)N3CC=CC3)cc2)c2cc(C(=O)CC)ccc2C1.CC. The molecule has 4 rings (SSSR count). The molecule has 2 amide bonds. The molecule has 41 heavy (non-hydrogen) atoms. The quantitative estimate of drug-likeness (QED) is 0.242. The van der Waals surface area contributed by atoms with Crippen molar-refractivity contribution in [3.8, 4) is 0 Å². The molecule has 0 saturated carbocycles. The first kappa shape index (κ1) is 33.7. The molecule has 0 bridgehead atoms. The zero-order valence-electron chi connectivity index (χ0n) is 25.2. The number of amides is 2. The molecule has 2 heterocycles. The normalized spacial score (nSPS) is 14.8. The van der Waals surface area contributed by atoms with Crippen molar-refractivity contribution in [3.63, 3.8) is 0 Å². The molecule has 0 N–H and O–H groups in total. The van der Waals surface area contributed by atoms with Gasteiger partial charge in [-0.25, -0.2) is 0 Å². The van der Waals surface area contributed by atoms with Gasteiger partial charge in [0, 0.05) is 54.4 Å². The number of Topliss-reactive ketones (excluding diaryl/α,β-unsaturated/α-hetero) is 1. The van der Waals surface area contributed by atoms with E-state index in [1.807, 2.05) is 101 Å². The number of hydrogen-bond acceptors (Lipinski definition) is 4. The number of anilines is 1. The van der Waals surface area contributed by atoms with Crippen LogP contribution in [-0.4, -0.2) is 53.6 Å². The van der Waals surface area contributed by atoms with Gasteiger partial charge in [-0.05, 0) is 49.6 Å². The summed E-state index contributed by atoms with van der Waals surface area (Å²) in [6.45, 7) is 16.7. The lowest BCUT2D eigenvalue weighted by Gasteiger charge is -2.24. The summed E-state index contributed by atoms with van der Waals surface area (Å²) in [5, 5.41) is 0.852. The third kappa shape index (κ3) is 9.83.